The molecule has 0 radical (unpaired) electrons. The summed E-state index contributed by atoms with van der Waals surface area (Å²) in [7, 11) is 1.78. The van der Waals surface area contributed by atoms with Gasteiger partial charge in [-0.15, -0.1) is 0 Å². The summed E-state index contributed by atoms with van der Waals surface area (Å²) in [6.45, 7) is 6.55. The molecule has 5 nitrogen and oxygen atoms in total. The van der Waals surface area contributed by atoms with E-state index in [2.05, 4.69) is 5.32 Å². The third-order valence-electron chi connectivity index (χ3n) is 3.94. The molecule has 0 unspecified atom stereocenters. The fourth-order valence-corrected chi connectivity index (χ4v) is 1.80. The second-order valence-electron chi connectivity index (χ2n) is 5.71. The van der Waals surface area contributed by atoms with Crippen molar-refractivity contribution in [2.45, 2.75) is 39.2 Å². The second-order valence-corrected chi connectivity index (χ2v) is 5.71. The van der Waals surface area contributed by atoms with E-state index in [0.717, 1.165) is 12.0 Å². The number of carbonyl (C=O) groups excluding carboxylic acids is 1. The van der Waals surface area contributed by atoms with Gasteiger partial charge in [-0.3, -0.25) is 0 Å². The van der Waals surface area contributed by atoms with Crippen LogP contribution in [0.15, 0.2) is 24.3 Å². The molecular formula is C16H24N2O3. The molecule has 21 heavy (non-hydrogen) atoms. The molecule has 1 aromatic rings. The molecule has 2 amide bonds. The molecule has 1 rings (SSSR count). The largest absolute Gasteiger partial charge is 0.478 e. The van der Waals surface area contributed by atoms with E-state index in [1.807, 2.05) is 26.8 Å². The number of nitrogens with one attached hydrogen (secondary N) is 1. The van der Waals surface area contributed by atoms with Gasteiger partial charge < -0.3 is 15.3 Å². The van der Waals surface area contributed by atoms with E-state index >= 15 is 0 Å². The van der Waals surface area contributed by atoms with Crippen molar-refractivity contribution >= 4 is 12.0 Å². The molecule has 1 aromatic carbocycles. The zero-order valence-electron chi connectivity index (χ0n) is 13.1. The molecule has 0 heterocycles. The number of aromatic carboxylic acids is 1. The lowest BCUT2D eigenvalue weighted by atomic mass is 10.0. The molecule has 0 aromatic heterocycles. The van der Waals surface area contributed by atoms with Gasteiger partial charge in [-0.25, -0.2) is 9.59 Å². The van der Waals surface area contributed by atoms with Crippen molar-refractivity contribution in [3.63, 3.8) is 0 Å². The predicted molar refractivity (Wildman–Crippen MR) is 82.6 cm³/mol. The third-order valence-corrected chi connectivity index (χ3v) is 3.94. The van der Waals surface area contributed by atoms with Crippen LogP contribution in [0.25, 0.3) is 0 Å². The number of urea groups is 1. The molecule has 0 saturated carbocycles. The van der Waals surface area contributed by atoms with Gasteiger partial charge in [0.15, 0.2) is 0 Å². The number of benzene rings is 1. The van der Waals surface area contributed by atoms with Gasteiger partial charge in [-0.2, -0.15) is 0 Å². The molecule has 0 saturated heterocycles. The quantitative estimate of drug-likeness (QED) is 0.847. The standard InChI is InChI=1S/C16H24N2O3/c1-5-16(2,3)18(4)15(21)17-10-9-12-7-6-8-13(11-12)14(19)20/h6-8,11H,5,9-10H2,1-4H3,(H,17,21)(H,19,20). The first-order chi connectivity index (χ1) is 9.77. The van der Waals surface area contributed by atoms with E-state index in [-0.39, 0.29) is 17.1 Å². The summed E-state index contributed by atoms with van der Waals surface area (Å²) in [5.74, 6) is -0.940. The summed E-state index contributed by atoms with van der Waals surface area (Å²) in [5.41, 5.74) is 0.975. The lowest BCUT2D eigenvalue weighted by Gasteiger charge is -2.34. The fourth-order valence-electron chi connectivity index (χ4n) is 1.80. The second kappa shape index (κ2) is 7.11. The van der Waals surface area contributed by atoms with Gasteiger partial charge in [0.1, 0.15) is 0 Å². The first-order valence-corrected chi connectivity index (χ1v) is 7.12. The molecular weight excluding hydrogens is 268 g/mol. The van der Waals surface area contributed by atoms with E-state index in [4.69, 9.17) is 5.11 Å². The molecule has 2 N–H and O–H groups in total. The van der Waals surface area contributed by atoms with Gasteiger partial charge in [0.2, 0.25) is 0 Å². The van der Waals surface area contributed by atoms with E-state index in [1.165, 1.54) is 0 Å². The molecule has 0 aliphatic heterocycles. The minimum absolute atomic E-state index is 0.115. The van der Waals surface area contributed by atoms with Crippen LogP contribution in [0.2, 0.25) is 0 Å². The van der Waals surface area contributed by atoms with Crippen LogP contribution in [0.5, 0.6) is 0 Å². The maximum Gasteiger partial charge on any atom is 0.335 e. The number of amides is 2. The molecule has 0 bridgehead atoms. The van der Waals surface area contributed by atoms with Gasteiger partial charge in [-0.05, 0) is 44.4 Å². The summed E-state index contributed by atoms with van der Waals surface area (Å²) >= 11 is 0. The van der Waals surface area contributed by atoms with Crippen LogP contribution in [0.3, 0.4) is 0 Å². The maximum atomic E-state index is 12.0. The Morgan fingerprint density at radius 2 is 2.00 bits per heavy atom. The highest BCUT2D eigenvalue weighted by Gasteiger charge is 2.25. The molecule has 0 spiro atoms. The number of nitrogens with zero attached hydrogens (tertiary/aromatic N) is 1. The molecule has 0 atom stereocenters. The first-order valence-electron chi connectivity index (χ1n) is 7.12. The Balaban J connectivity index is 2.52. The Morgan fingerprint density at radius 1 is 1.33 bits per heavy atom. The molecule has 0 fully saturated rings. The van der Waals surface area contributed by atoms with Crippen molar-refractivity contribution in [2.24, 2.45) is 0 Å². The van der Waals surface area contributed by atoms with Crippen molar-refractivity contribution in [1.29, 1.82) is 0 Å². The average molecular weight is 292 g/mol. The van der Waals surface area contributed by atoms with Crippen molar-refractivity contribution in [1.82, 2.24) is 10.2 Å². The normalized spacial score (nSPS) is 11.0. The lowest BCUT2D eigenvalue weighted by molar-refractivity contribution is 0.0696. The number of rotatable bonds is 6. The van der Waals surface area contributed by atoms with Gasteiger partial charge in [0.25, 0.3) is 0 Å². The topological polar surface area (TPSA) is 69.6 Å². The highest BCUT2D eigenvalue weighted by molar-refractivity contribution is 5.87. The predicted octanol–water partition coefficient (Wildman–Crippen LogP) is 2.76. The zero-order valence-corrected chi connectivity index (χ0v) is 13.1. The molecule has 0 aliphatic rings. The van der Waals surface area contributed by atoms with Crippen LogP contribution in [-0.4, -0.2) is 41.1 Å². The highest BCUT2D eigenvalue weighted by atomic mass is 16.4. The SMILES string of the molecule is CCC(C)(C)N(C)C(=O)NCCc1cccc(C(=O)O)c1. The summed E-state index contributed by atoms with van der Waals surface area (Å²) in [5, 5.41) is 11.8. The fraction of sp³-hybridized carbons (Fsp3) is 0.500. The summed E-state index contributed by atoms with van der Waals surface area (Å²) < 4.78 is 0. The van der Waals surface area contributed by atoms with Crippen LogP contribution in [0.1, 0.15) is 43.1 Å². The summed E-state index contributed by atoms with van der Waals surface area (Å²) in [4.78, 5) is 24.6. The minimum Gasteiger partial charge on any atom is -0.478 e. The number of carboxylic acid groups (broad SMARTS) is 1. The van der Waals surface area contributed by atoms with Crippen molar-refractivity contribution in [3.8, 4) is 0 Å². The summed E-state index contributed by atoms with van der Waals surface area (Å²) in [6, 6.07) is 6.65. The maximum absolute atomic E-state index is 12.0. The number of hydrogen-bond acceptors (Lipinski definition) is 2. The third kappa shape index (κ3) is 4.77. The molecule has 0 aliphatic carbocycles. The van der Waals surface area contributed by atoms with Crippen LogP contribution < -0.4 is 5.32 Å². The average Bonchev–Trinajstić information content (AvgIpc) is 2.46. The first kappa shape index (κ1) is 17.0. The van der Waals surface area contributed by atoms with Gasteiger partial charge in [0.05, 0.1) is 5.56 Å². The van der Waals surface area contributed by atoms with E-state index in [9.17, 15) is 9.59 Å². The zero-order chi connectivity index (χ0) is 16.0. The van der Waals surface area contributed by atoms with Crippen molar-refractivity contribution in [3.05, 3.63) is 35.4 Å². The van der Waals surface area contributed by atoms with Crippen molar-refractivity contribution < 1.29 is 14.7 Å². The van der Waals surface area contributed by atoms with Gasteiger partial charge in [0, 0.05) is 19.1 Å². The smallest absolute Gasteiger partial charge is 0.335 e. The lowest BCUT2D eigenvalue weighted by Crippen LogP contribution is -2.49. The Kier molecular flexibility index (Phi) is 5.76. The van der Waals surface area contributed by atoms with E-state index in [1.54, 1.807) is 30.1 Å². The Labute approximate surface area is 126 Å². The van der Waals surface area contributed by atoms with E-state index in [0.29, 0.717) is 13.0 Å². The van der Waals surface area contributed by atoms with Crippen LogP contribution in [0, 0.1) is 0 Å². The van der Waals surface area contributed by atoms with Crippen molar-refractivity contribution in [2.75, 3.05) is 13.6 Å². The van der Waals surface area contributed by atoms with Crippen LogP contribution in [-0.2, 0) is 6.42 Å². The number of carboxylic acids is 1. The molecule has 116 valence electrons. The number of hydrogen-bond donors (Lipinski definition) is 2. The van der Waals surface area contributed by atoms with Crippen LogP contribution in [0.4, 0.5) is 4.79 Å². The van der Waals surface area contributed by atoms with E-state index < -0.39 is 5.97 Å². The monoisotopic (exact) mass is 292 g/mol. The Morgan fingerprint density at radius 3 is 2.57 bits per heavy atom. The highest BCUT2D eigenvalue weighted by Crippen LogP contribution is 2.16. The minimum atomic E-state index is -0.940. The molecule has 5 heteroatoms. The van der Waals surface area contributed by atoms with Gasteiger partial charge >= 0.3 is 12.0 Å². The Hall–Kier alpha value is -2.04. The van der Waals surface area contributed by atoms with Crippen LogP contribution >= 0.6 is 0 Å². The summed E-state index contributed by atoms with van der Waals surface area (Å²) in [6.07, 6.45) is 1.48. The van der Waals surface area contributed by atoms with Gasteiger partial charge in [-0.1, -0.05) is 19.1 Å². The Bertz CT molecular complexity index is 512. The number of carbonyl (C=O) groups is 2.